The Morgan fingerprint density at radius 1 is 1.58 bits per heavy atom. The summed E-state index contributed by atoms with van der Waals surface area (Å²) in [4.78, 5) is 0. The number of hydrogen-bond donors (Lipinski definition) is 1. The minimum absolute atomic E-state index is 0.360. The average molecular weight is 171 g/mol. The van der Waals surface area contributed by atoms with E-state index in [1.54, 1.807) is 4.68 Å². The summed E-state index contributed by atoms with van der Waals surface area (Å²) < 4.78 is 6.80. The molecule has 0 unspecified atom stereocenters. The standard InChI is InChI=1S/C6H13N5O/c1-2-12-4-3-11-6(5-7)8-9-10-11/h2-5,7H2,1H3. The van der Waals surface area contributed by atoms with Crippen LogP contribution in [0, 0.1) is 0 Å². The molecule has 0 bridgehead atoms. The second-order valence-electron chi connectivity index (χ2n) is 2.22. The lowest BCUT2D eigenvalue weighted by molar-refractivity contribution is 0.135. The van der Waals surface area contributed by atoms with Gasteiger partial charge in [0.05, 0.1) is 19.7 Å². The highest BCUT2D eigenvalue weighted by Crippen LogP contribution is 1.89. The molecule has 2 N–H and O–H groups in total. The molecule has 0 aliphatic carbocycles. The second-order valence-corrected chi connectivity index (χ2v) is 2.22. The summed E-state index contributed by atoms with van der Waals surface area (Å²) in [5, 5.41) is 11.0. The van der Waals surface area contributed by atoms with Crippen LogP contribution in [-0.4, -0.2) is 33.4 Å². The fraction of sp³-hybridized carbons (Fsp3) is 0.833. The zero-order valence-electron chi connectivity index (χ0n) is 7.10. The van der Waals surface area contributed by atoms with Crippen molar-refractivity contribution in [1.29, 1.82) is 0 Å². The SMILES string of the molecule is CCOCCn1nnnc1CN. The molecule has 0 aliphatic rings. The van der Waals surface area contributed by atoms with Gasteiger partial charge in [0.2, 0.25) is 0 Å². The van der Waals surface area contributed by atoms with Crippen LogP contribution in [0.25, 0.3) is 0 Å². The maximum absolute atomic E-state index is 5.40. The third-order valence-corrected chi connectivity index (χ3v) is 1.44. The summed E-state index contributed by atoms with van der Waals surface area (Å²) in [5.74, 6) is 0.690. The van der Waals surface area contributed by atoms with Gasteiger partial charge in [-0.05, 0) is 17.4 Å². The van der Waals surface area contributed by atoms with E-state index in [1.807, 2.05) is 6.92 Å². The van der Waals surface area contributed by atoms with Gasteiger partial charge in [0.1, 0.15) is 0 Å². The molecule has 6 nitrogen and oxygen atoms in total. The molecule has 0 radical (unpaired) electrons. The first-order valence-electron chi connectivity index (χ1n) is 3.91. The Morgan fingerprint density at radius 2 is 2.42 bits per heavy atom. The van der Waals surface area contributed by atoms with Crippen molar-refractivity contribution in [2.75, 3.05) is 13.2 Å². The number of hydrogen-bond acceptors (Lipinski definition) is 5. The fourth-order valence-corrected chi connectivity index (χ4v) is 0.838. The smallest absolute Gasteiger partial charge is 0.164 e. The van der Waals surface area contributed by atoms with E-state index >= 15 is 0 Å². The van der Waals surface area contributed by atoms with Gasteiger partial charge < -0.3 is 10.5 Å². The maximum atomic E-state index is 5.40. The first-order chi connectivity index (χ1) is 5.88. The zero-order valence-corrected chi connectivity index (χ0v) is 7.10. The van der Waals surface area contributed by atoms with Gasteiger partial charge in [-0.2, -0.15) is 0 Å². The van der Waals surface area contributed by atoms with Crippen LogP contribution in [0.4, 0.5) is 0 Å². The van der Waals surface area contributed by atoms with E-state index < -0.39 is 0 Å². The van der Waals surface area contributed by atoms with Crippen LogP contribution < -0.4 is 5.73 Å². The van der Waals surface area contributed by atoms with Crippen molar-refractivity contribution in [2.45, 2.75) is 20.0 Å². The predicted octanol–water partition coefficient (Wildman–Crippen LogP) is -0.832. The van der Waals surface area contributed by atoms with Crippen molar-refractivity contribution in [3.05, 3.63) is 5.82 Å². The number of tetrazole rings is 1. The van der Waals surface area contributed by atoms with Crippen molar-refractivity contribution in [3.63, 3.8) is 0 Å². The molecule has 0 saturated heterocycles. The third-order valence-electron chi connectivity index (χ3n) is 1.44. The van der Waals surface area contributed by atoms with Gasteiger partial charge in [-0.3, -0.25) is 0 Å². The molecule has 1 aromatic heterocycles. The molecular weight excluding hydrogens is 158 g/mol. The summed E-state index contributed by atoms with van der Waals surface area (Å²) in [7, 11) is 0. The largest absolute Gasteiger partial charge is 0.380 e. The average Bonchev–Trinajstić information content (AvgIpc) is 2.52. The monoisotopic (exact) mass is 171 g/mol. The number of nitrogens with zero attached hydrogens (tertiary/aromatic N) is 4. The Balaban J connectivity index is 2.39. The normalized spacial score (nSPS) is 10.5. The molecule has 1 heterocycles. The quantitative estimate of drug-likeness (QED) is 0.585. The van der Waals surface area contributed by atoms with Gasteiger partial charge in [-0.15, -0.1) is 5.10 Å². The first kappa shape index (κ1) is 9.08. The van der Waals surface area contributed by atoms with Crippen molar-refractivity contribution < 1.29 is 4.74 Å². The molecule has 68 valence electrons. The Hall–Kier alpha value is -1.01. The molecule has 6 heteroatoms. The molecule has 1 rings (SSSR count). The van der Waals surface area contributed by atoms with Crippen LogP contribution in [0.1, 0.15) is 12.7 Å². The van der Waals surface area contributed by atoms with E-state index in [0.29, 0.717) is 32.1 Å². The maximum Gasteiger partial charge on any atom is 0.164 e. The van der Waals surface area contributed by atoms with Gasteiger partial charge in [0.25, 0.3) is 0 Å². The highest BCUT2D eigenvalue weighted by atomic mass is 16.5. The summed E-state index contributed by atoms with van der Waals surface area (Å²) in [5.41, 5.74) is 5.40. The number of ether oxygens (including phenoxy) is 1. The molecule has 0 aromatic carbocycles. The summed E-state index contributed by atoms with van der Waals surface area (Å²) in [6.45, 7) is 4.30. The molecule has 0 saturated carbocycles. The predicted molar refractivity (Wildman–Crippen MR) is 42.2 cm³/mol. The fourth-order valence-electron chi connectivity index (χ4n) is 0.838. The lowest BCUT2D eigenvalue weighted by Crippen LogP contribution is -2.13. The highest BCUT2D eigenvalue weighted by Gasteiger charge is 2.01. The molecular formula is C6H13N5O. The van der Waals surface area contributed by atoms with Crippen molar-refractivity contribution >= 4 is 0 Å². The molecule has 0 aliphatic heterocycles. The molecule has 0 spiro atoms. The van der Waals surface area contributed by atoms with Gasteiger partial charge in [0.15, 0.2) is 5.82 Å². The summed E-state index contributed by atoms with van der Waals surface area (Å²) >= 11 is 0. The van der Waals surface area contributed by atoms with E-state index in [-0.39, 0.29) is 0 Å². The summed E-state index contributed by atoms with van der Waals surface area (Å²) in [6, 6.07) is 0. The first-order valence-corrected chi connectivity index (χ1v) is 3.91. The van der Waals surface area contributed by atoms with E-state index in [4.69, 9.17) is 10.5 Å². The van der Waals surface area contributed by atoms with Crippen LogP contribution in [0.15, 0.2) is 0 Å². The third kappa shape index (κ3) is 2.24. The van der Waals surface area contributed by atoms with Crippen molar-refractivity contribution in [3.8, 4) is 0 Å². The van der Waals surface area contributed by atoms with Crippen LogP contribution >= 0.6 is 0 Å². The van der Waals surface area contributed by atoms with E-state index in [0.717, 1.165) is 0 Å². The minimum atomic E-state index is 0.360. The molecule has 0 atom stereocenters. The van der Waals surface area contributed by atoms with Crippen LogP contribution in [0.2, 0.25) is 0 Å². The lowest BCUT2D eigenvalue weighted by Gasteiger charge is -2.01. The molecule has 1 aromatic rings. The van der Waals surface area contributed by atoms with Crippen LogP contribution in [0.5, 0.6) is 0 Å². The van der Waals surface area contributed by atoms with Crippen molar-refractivity contribution in [2.24, 2.45) is 5.73 Å². The Morgan fingerprint density at radius 3 is 3.08 bits per heavy atom. The van der Waals surface area contributed by atoms with Gasteiger partial charge in [0, 0.05) is 6.61 Å². The molecule has 0 fully saturated rings. The van der Waals surface area contributed by atoms with E-state index in [2.05, 4.69) is 15.5 Å². The van der Waals surface area contributed by atoms with E-state index in [1.165, 1.54) is 0 Å². The Labute approximate surface area is 70.7 Å². The lowest BCUT2D eigenvalue weighted by atomic mass is 10.6. The van der Waals surface area contributed by atoms with E-state index in [9.17, 15) is 0 Å². The van der Waals surface area contributed by atoms with Gasteiger partial charge >= 0.3 is 0 Å². The number of rotatable bonds is 5. The zero-order chi connectivity index (χ0) is 8.81. The number of nitrogens with two attached hydrogens (primary N) is 1. The second kappa shape index (κ2) is 4.78. The molecule has 12 heavy (non-hydrogen) atoms. The van der Waals surface area contributed by atoms with Gasteiger partial charge in [-0.25, -0.2) is 4.68 Å². The number of aromatic nitrogens is 4. The Bertz CT molecular complexity index is 223. The Kier molecular flexibility index (Phi) is 3.62. The van der Waals surface area contributed by atoms with Gasteiger partial charge in [-0.1, -0.05) is 0 Å². The highest BCUT2D eigenvalue weighted by molar-refractivity contribution is 4.77. The van der Waals surface area contributed by atoms with Crippen molar-refractivity contribution in [1.82, 2.24) is 20.2 Å². The van der Waals surface area contributed by atoms with Crippen LogP contribution in [-0.2, 0) is 17.8 Å². The summed E-state index contributed by atoms with van der Waals surface area (Å²) in [6.07, 6.45) is 0. The van der Waals surface area contributed by atoms with Crippen LogP contribution in [0.3, 0.4) is 0 Å². The minimum Gasteiger partial charge on any atom is -0.380 e. The molecule has 0 amide bonds. The topological polar surface area (TPSA) is 78.8 Å².